The van der Waals surface area contributed by atoms with Crippen LogP contribution in [0.25, 0.3) is 0 Å². The van der Waals surface area contributed by atoms with E-state index in [1.54, 1.807) is 0 Å². The van der Waals surface area contributed by atoms with E-state index in [1.807, 2.05) is 0 Å². The number of esters is 1. The molecule has 2 atom stereocenters. The summed E-state index contributed by atoms with van der Waals surface area (Å²) in [5.74, 6) is -1.22. The molecule has 124 valence electrons. The predicted octanol–water partition coefficient (Wildman–Crippen LogP) is 2.68. The highest BCUT2D eigenvalue weighted by Gasteiger charge is 2.78. The van der Waals surface area contributed by atoms with Crippen LogP contribution in [0.4, 0.5) is 13.2 Å². The first-order chi connectivity index (χ1) is 10.7. The van der Waals surface area contributed by atoms with Crippen LogP contribution >= 0.6 is 11.6 Å². The van der Waals surface area contributed by atoms with Gasteiger partial charge in [0.05, 0.1) is 17.7 Å². The van der Waals surface area contributed by atoms with Gasteiger partial charge in [0, 0.05) is 12.0 Å². The summed E-state index contributed by atoms with van der Waals surface area (Å²) in [6.07, 6.45) is -4.10. The van der Waals surface area contributed by atoms with Gasteiger partial charge >= 0.3 is 12.1 Å². The average molecular weight is 348 g/mol. The highest BCUT2D eigenvalue weighted by atomic mass is 35.5. The topological polar surface area (TPSA) is 55.4 Å². The molecule has 1 aromatic carbocycles. The van der Waals surface area contributed by atoms with E-state index in [0.29, 0.717) is 13.0 Å². The predicted molar refractivity (Wildman–Crippen MR) is 74.8 cm³/mol. The zero-order chi connectivity index (χ0) is 17.0. The lowest BCUT2D eigenvalue weighted by Crippen LogP contribution is -2.48. The van der Waals surface area contributed by atoms with Crippen molar-refractivity contribution in [1.82, 2.24) is 5.32 Å². The smallest absolute Gasteiger partial charge is 0.417 e. The van der Waals surface area contributed by atoms with Crippen LogP contribution in [0.3, 0.4) is 0 Å². The molecule has 1 saturated heterocycles. The number of hydrogen-bond donors (Lipinski definition) is 1. The number of amides is 1. The molecule has 8 heteroatoms. The van der Waals surface area contributed by atoms with E-state index in [-0.39, 0.29) is 12.0 Å². The number of benzene rings is 1. The molecule has 2 aliphatic rings. The summed E-state index contributed by atoms with van der Waals surface area (Å²) < 4.78 is 44.0. The first-order valence-corrected chi connectivity index (χ1v) is 7.31. The van der Waals surface area contributed by atoms with Gasteiger partial charge in [-0.1, -0.05) is 17.7 Å². The Morgan fingerprint density at radius 1 is 1.39 bits per heavy atom. The third-order valence-corrected chi connectivity index (χ3v) is 5.17. The summed E-state index contributed by atoms with van der Waals surface area (Å²) in [5.41, 5.74) is -3.10. The molecule has 0 spiro atoms. The minimum absolute atomic E-state index is 0.136. The van der Waals surface area contributed by atoms with E-state index in [0.717, 1.165) is 19.2 Å². The zero-order valence-electron chi connectivity index (χ0n) is 12.1. The largest absolute Gasteiger partial charge is 0.468 e. The van der Waals surface area contributed by atoms with Gasteiger partial charge in [-0.05, 0) is 30.5 Å². The SMILES string of the molecule is COC(=O)C12CC1(c1ccc(Cl)c(C(F)(F)F)c1)CCNC2=O. The normalized spacial score (nSPS) is 29.5. The van der Waals surface area contributed by atoms with Crippen molar-refractivity contribution in [2.24, 2.45) is 5.41 Å². The summed E-state index contributed by atoms with van der Waals surface area (Å²) in [5, 5.41) is 2.18. The Morgan fingerprint density at radius 2 is 2.09 bits per heavy atom. The Bertz CT molecular complexity index is 696. The molecule has 1 heterocycles. The summed E-state index contributed by atoms with van der Waals surface area (Å²) in [4.78, 5) is 24.4. The van der Waals surface area contributed by atoms with Crippen molar-refractivity contribution in [1.29, 1.82) is 0 Å². The first-order valence-electron chi connectivity index (χ1n) is 6.93. The molecule has 1 saturated carbocycles. The number of hydrogen-bond acceptors (Lipinski definition) is 3. The van der Waals surface area contributed by atoms with Crippen molar-refractivity contribution in [3.05, 3.63) is 34.3 Å². The van der Waals surface area contributed by atoms with Gasteiger partial charge in [-0.2, -0.15) is 13.2 Å². The van der Waals surface area contributed by atoms with Crippen LogP contribution < -0.4 is 5.32 Å². The molecule has 4 nitrogen and oxygen atoms in total. The number of piperidine rings is 1. The maximum atomic E-state index is 13.1. The number of ether oxygens (including phenoxy) is 1. The van der Waals surface area contributed by atoms with Crippen LogP contribution in [0.15, 0.2) is 18.2 Å². The summed E-state index contributed by atoms with van der Waals surface area (Å²) in [7, 11) is 1.16. The number of halogens is 4. The quantitative estimate of drug-likeness (QED) is 0.661. The van der Waals surface area contributed by atoms with Gasteiger partial charge in [0.15, 0.2) is 5.41 Å². The second-order valence-electron chi connectivity index (χ2n) is 5.85. The van der Waals surface area contributed by atoms with Crippen LogP contribution in [0.5, 0.6) is 0 Å². The summed E-state index contributed by atoms with van der Waals surface area (Å²) in [6.45, 7) is 0.293. The first kappa shape index (κ1) is 16.1. The molecule has 1 amide bonds. The Hall–Kier alpha value is -1.76. The zero-order valence-corrected chi connectivity index (χ0v) is 12.8. The van der Waals surface area contributed by atoms with E-state index < -0.39 is 39.5 Å². The van der Waals surface area contributed by atoms with Crippen molar-refractivity contribution < 1.29 is 27.5 Å². The number of fused-ring (bicyclic) bond motifs is 1. The van der Waals surface area contributed by atoms with Crippen molar-refractivity contribution >= 4 is 23.5 Å². The van der Waals surface area contributed by atoms with E-state index in [2.05, 4.69) is 5.32 Å². The lowest BCUT2D eigenvalue weighted by atomic mass is 9.80. The number of rotatable bonds is 2. The second-order valence-corrected chi connectivity index (χ2v) is 6.26. The Balaban J connectivity index is 2.12. The van der Waals surface area contributed by atoms with Gasteiger partial charge in [-0.15, -0.1) is 0 Å². The summed E-state index contributed by atoms with van der Waals surface area (Å²) >= 11 is 5.64. The molecule has 1 aromatic rings. The third kappa shape index (κ3) is 2.06. The maximum Gasteiger partial charge on any atom is 0.417 e. The van der Waals surface area contributed by atoms with Gasteiger partial charge in [-0.25, -0.2) is 0 Å². The van der Waals surface area contributed by atoms with E-state index in [9.17, 15) is 22.8 Å². The monoisotopic (exact) mass is 347 g/mol. The Labute approximate surface area is 134 Å². The number of carbonyl (C=O) groups is 2. The Kier molecular flexibility index (Phi) is 3.41. The van der Waals surface area contributed by atoms with Gasteiger partial charge < -0.3 is 10.1 Å². The third-order valence-electron chi connectivity index (χ3n) is 4.84. The molecule has 0 radical (unpaired) electrons. The molecule has 0 bridgehead atoms. The van der Waals surface area contributed by atoms with Crippen molar-refractivity contribution in [2.75, 3.05) is 13.7 Å². The van der Waals surface area contributed by atoms with Gasteiger partial charge in [0.25, 0.3) is 0 Å². The van der Waals surface area contributed by atoms with Gasteiger partial charge in [-0.3, -0.25) is 9.59 Å². The number of nitrogens with one attached hydrogen (secondary N) is 1. The highest BCUT2D eigenvalue weighted by molar-refractivity contribution is 6.31. The molecule has 3 rings (SSSR count). The van der Waals surface area contributed by atoms with Crippen molar-refractivity contribution in [2.45, 2.75) is 24.4 Å². The lowest BCUT2D eigenvalue weighted by molar-refractivity contribution is -0.154. The number of carbonyl (C=O) groups excluding carboxylic acids is 2. The van der Waals surface area contributed by atoms with Crippen molar-refractivity contribution in [3.63, 3.8) is 0 Å². The average Bonchev–Trinajstić information content (AvgIpc) is 3.19. The van der Waals surface area contributed by atoms with E-state index >= 15 is 0 Å². The molecule has 2 fully saturated rings. The second kappa shape index (κ2) is 4.87. The number of alkyl halides is 3. The molecule has 0 aromatic heterocycles. The van der Waals surface area contributed by atoms with Crippen LogP contribution in [0.2, 0.25) is 5.02 Å². The maximum absolute atomic E-state index is 13.1. The fraction of sp³-hybridized carbons (Fsp3) is 0.467. The molecule has 1 N–H and O–H groups in total. The summed E-state index contributed by atoms with van der Waals surface area (Å²) in [6, 6.07) is 3.54. The molecular formula is C15H13ClF3NO3. The van der Waals surface area contributed by atoms with Crippen LogP contribution in [-0.2, 0) is 25.9 Å². The van der Waals surface area contributed by atoms with E-state index in [4.69, 9.17) is 16.3 Å². The Morgan fingerprint density at radius 3 is 2.70 bits per heavy atom. The van der Waals surface area contributed by atoms with E-state index in [1.165, 1.54) is 6.07 Å². The fourth-order valence-corrected chi connectivity index (χ4v) is 3.84. The van der Waals surface area contributed by atoms with Crippen LogP contribution in [0, 0.1) is 5.41 Å². The van der Waals surface area contributed by atoms with Crippen LogP contribution in [0.1, 0.15) is 24.0 Å². The molecule has 1 aliphatic heterocycles. The van der Waals surface area contributed by atoms with Crippen LogP contribution in [-0.4, -0.2) is 25.5 Å². The van der Waals surface area contributed by atoms with Gasteiger partial charge in [0.2, 0.25) is 5.91 Å². The fourth-order valence-electron chi connectivity index (χ4n) is 3.62. The number of methoxy groups -OCH3 is 1. The highest BCUT2D eigenvalue weighted by Crippen LogP contribution is 2.69. The molecule has 23 heavy (non-hydrogen) atoms. The lowest BCUT2D eigenvalue weighted by Gasteiger charge is -2.29. The molecular weight excluding hydrogens is 335 g/mol. The molecule has 1 aliphatic carbocycles. The molecule has 2 unspecified atom stereocenters. The minimum atomic E-state index is -4.61. The van der Waals surface area contributed by atoms with Gasteiger partial charge in [0.1, 0.15) is 0 Å². The standard InChI is InChI=1S/C15H13ClF3NO3/c1-23-12(22)14-7-13(14,4-5-20-11(14)21)8-2-3-10(16)9(6-8)15(17,18)19/h2-3,6H,4-5,7H2,1H3,(H,20,21). The van der Waals surface area contributed by atoms with Crippen molar-refractivity contribution in [3.8, 4) is 0 Å². The minimum Gasteiger partial charge on any atom is -0.468 e.